The van der Waals surface area contributed by atoms with E-state index in [2.05, 4.69) is 15.2 Å². The van der Waals surface area contributed by atoms with Crippen LogP contribution in [0.15, 0.2) is 18.2 Å². The lowest BCUT2D eigenvalue weighted by Gasteiger charge is -2.40. The normalized spacial score (nSPS) is 19.8. The van der Waals surface area contributed by atoms with E-state index in [0.29, 0.717) is 36.2 Å². The Kier molecular flexibility index (Phi) is 8.26. The molecule has 0 saturated carbocycles. The fraction of sp³-hybridized carbons (Fsp3) is 0.593. The van der Waals surface area contributed by atoms with Gasteiger partial charge in [-0.25, -0.2) is 9.37 Å². The third-order valence-corrected chi connectivity index (χ3v) is 7.54. The molecule has 3 heterocycles. The van der Waals surface area contributed by atoms with E-state index in [9.17, 15) is 19.1 Å². The SMILES string of the molecule is CN1CCCn2c(-c3cc(Cl)ccc3F)nc(C(=O)N[C@H](C(=O)N3CCCCC3CO)C(C)(C)C)c2C1. The van der Waals surface area contributed by atoms with Gasteiger partial charge in [-0.1, -0.05) is 32.4 Å². The zero-order valence-corrected chi connectivity index (χ0v) is 22.8. The number of piperidine rings is 1. The van der Waals surface area contributed by atoms with Gasteiger partial charge in [0.15, 0.2) is 5.69 Å². The number of aliphatic hydroxyl groups is 1. The van der Waals surface area contributed by atoms with Crippen LogP contribution in [-0.2, 0) is 17.9 Å². The summed E-state index contributed by atoms with van der Waals surface area (Å²) in [6.07, 6.45) is 3.38. The molecule has 2 aliphatic rings. The van der Waals surface area contributed by atoms with E-state index in [-0.39, 0.29) is 29.8 Å². The molecule has 37 heavy (non-hydrogen) atoms. The minimum Gasteiger partial charge on any atom is -0.394 e. The first-order valence-electron chi connectivity index (χ1n) is 13.0. The molecule has 2 aromatic rings. The van der Waals surface area contributed by atoms with Gasteiger partial charge in [0, 0.05) is 24.7 Å². The minimum atomic E-state index is -0.820. The third-order valence-electron chi connectivity index (χ3n) is 7.31. The Balaban J connectivity index is 1.72. The summed E-state index contributed by atoms with van der Waals surface area (Å²) >= 11 is 6.17. The summed E-state index contributed by atoms with van der Waals surface area (Å²) in [4.78, 5) is 35.9. The number of likely N-dealkylation sites (tertiary alicyclic amines) is 1. The Bertz CT molecular complexity index is 1160. The third kappa shape index (κ3) is 5.84. The van der Waals surface area contributed by atoms with Gasteiger partial charge in [-0.15, -0.1) is 0 Å². The number of carbonyl (C=O) groups excluding carboxylic acids is 2. The second-order valence-electron chi connectivity index (χ2n) is 11.2. The van der Waals surface area contributed by atoms with Gasteiger partial charge in [0.05, 0.1) is 23.9 Å². The number of fused-ring (bicyclic) bond motifs is 1. The first-order chi connectivity index (χ1) is 17.5. The van der Waals surface area contributed by atoms with Crippen LogP contribution in [0.2, 0.25) is 5.02 Å². The van der Waals surface area contributed by atoms with Crippen molar-refractivity contribution in [1.29, 1.82) is 0 Å². The van der Waals surface area contributed by atoms with Crippen LogP contribution in [0.5, 0.6) is 0 Å². The highest BCUT2D eigenvalue weighted by atomic mass is 35.5. The predicted octanol–water partition coefficient (Wildman–Crippen LogP) is 3.70. The van der Waals surface area contributed by atoms with Crippen molar-refractivity contribution in [3.05, 3.63) is 40.4 Å². The molecule has 2 amide bonds. The van der Waals surface area contributed by atoms with E-state index >= 15 is 0 Å². The van der Waals surface area contributed by atoms with E-state index in [1.807, 2.05) is 32.4 Å². The van der Waals surface area contributed by atoms with Gasteiger partial charge in [0.25, 0.3) is 5.91 Å². The minimum absolute atomic E-state index is 0.105. The highest BCUT2D eigenvalue weighted by Gasteiger charge is 2.40. The molecule has 10 heteroatoms. The van der Waals surface area contributed by atoms with E-state index < -0.39 is 23.2 Å². The first kappa shape index (κ1) is 27.5. The number of nitrogens with zero attached hydrogens (tertiary/aromatic N) is 4. The molecule has 0 aliphatic carbocycles. The van der Waals surface area contributed by atoms with Crippen molar-refractivity contribution in [1.82, 2.24) is 24.7 Å². The highest BCUT2D eigenvalue weighted by molar-refractivity contribution is 6.30. The van der Waals surface area contributed by atoms with E-state index in [1.165, 1.54) is 18.2 Å². The number of benzene rings is 1. The predicted molar refractivity (Wildman–Crippen MR) is 141 cm³/mol. The first-order valence-corrected chi connectivity index (χ1v) is 13.3. The van der Waals surface area contributed by atoms with Crippen molar-refractivity contribution >= 4 is 23.4 Å². The summed E-state index contributed by atoms with van der Waals surface area (Å²) in [6, 6.07) is 3.23. The number of hydrogen-bond donors (Lipinski definition) is 2. The Hall–Kier alpha value is -2.49. The van der Waals surface area contributed by atoms with Crippen molar-refractivity contribution in [3.8, 4) is 11.4 Å². The van der Waals surface area contributed by atoms with Crippen LogP contribution in [-0.4, -0.2) is 75.1 Å². The molecule has 2 aliphatic heterocycles. The zero-order chi connectivity index (χ0) is 26.9. The number of aromatic nitrogens is 2. The molecule has 1 saturated heterocycles. The lowest BCUT2D eigenvalue weighted by atomic mass is 9.84. The molecule has 1 aromatic heterocycles. The number of nitrogens with one attached hydrogen (secondary N) is 1. The number of hydrogen-bond acceptors (Lipinski definition) is 5. The van der Waals surface area contributed by atoms with E-state index in [0.717, 1.165) is 32.2 Å². The smallest absolute Gasteiger partial charge is 0.272 e. The topological polar surface area (TPSA) is 90.7 Å². The van der Waals surface area contributed by atoms with Gasteiger partial charge < -0.3 is 24.8 Å². The van der Waals surface area contributed by atoms with Crippen LogP contribution in [0, 0.1) is 11.2 Å². The largest absolute Gasteiger partial charge is 0.394 e. The average Bonchev–Trinajstić information content (AvgIpc) is 3.08. The maximum atomic E-state index is 14.9. The standard InChI is InChI=1S/C27H37ClFN5O3/c1-27(2,3)23(26(37)33-12-6-5-8-18(33)16-35)31-25(36)22-21-15-32(4)11-7-13-34(21)24(30-22)19-14-17(28)9-10-20(19)29/h9-10,14,18,23,35H,5-8,11-13,15-16H2,1-4H3,(H,31,36)/t18?,23-/m1/s1. The monoisotopic (exact) mass is 533 g/mol. The number of amides is 2. The summed E-state index contributed by atoms with van der Waals surface area (Å²) in [7, 11) is 1.97. The van der Waals surface area contributed by atoms with Crippen molar-refractivity contribution in [2.75, 3.05) is 26.7 Å². The molecule has 2 N–H and O–H groups in total. The van der Waals surface area contributed by atoms with E-state index in [1.54, 1.807) is 4.90 Å². The average molecular weight is 534 g/mol. The molecule has 0 spiro atoms. The lowest BCUT2D eigenvalue weighted by molar-refractivity contribution is -0.140. The zero-order valence-electron chi connectivity index (χ0n) is 22.1. The molecule has 8 nitrogen and oxygen atoms in total. The van der Waals surface area contributed by atoms with Crippen LogP contribution >= 0.6 is 11.6 Å². The van der Waals surface area contributed by atoms with Gasteiger partial charge >= 0.3 is 0 Å². The number of imidazole rings is 1. The fourth-order valence-corrected chi connectivity index (χ4v) is 5.44. The summed E-state index contributed by atoms with van der Waals surface area (Å²) in [5.74, 6) is -0.795. The summed E-state index contributed by atoms with van der Waals surface area (Å²) < 4.78 is 16.8. The summed E-state index contributed by atoms with van der Waals surface area (Å²) in [6.45, 7) is 8.02. The Morgan fingerprint density at radius 2 is 1.97 bits per heavy atom. The Morgan fingerprint density at radius 1 is 1.22 bits per heavy atom. The summed E-state index contributed by atoms with van der Waals surface area (Å²) in [5, 5.41) is 13.2. The molecule has 0 radical (unpaired) electrons. The fourth-order valence-electron chi connectivity index (χ4n) is 5.27. The van der Waals surface area contributed by atoms with Crippen LogP contribution in [0.4, 0.5) is 4.39 Å². The molecular weight excluding hydrogens is 497 g/mol. The maximum Gasteiger partial charge on any atom is 0.272 e. The second kappa shape index (κ2) is 11.1. The molecule has 1 fully saturated rings. The van der Waals surface area contributed by atoms with Crippen LogP contribution < -0.4 is 5.32 Å². The number of rotatable bonds is 5. The van der Waals surface area contributed by atoms with E-state index in [4.69, 9.17) is 11.6 Å². The van der Waals surface area contributed by atoms with Crippen molar-refractivity contribution in [2.45, 2.75) is 71.6 Å². The van der Waals surface area contributed by atoms with Gasteiger partial charge in [-0.3, -0.25) is 9.59 Å². The highest BCUT2D eigenvalue weighted by Crippen LogP contribution is 2.31. The van der Waals surface area contributed by atoms with Gasteiger partial charge in [0.1, 0.15) is 17.7 Å². The Labute approximate surface area is 222 Å². The number of aliphatic hydroxyl groups excluding tert-OH is 1. The van der Waals surface area contributed by atoms with Crippen LogP contribution in [0.1, 0.15) is 62.6 Å². The van der Waals surface area contributed by atoms with Crippen molar-refractivity contribution < 1.29 is 19.1 Å². The molecule has 0 bridgehead atoms. The lowest BCUT2D eigenvalue weighted by Crippen LogP contribution is -2.58. The van der Waals surface area contributed by atoms with Crippen LogP contribution in [0.25, 0.3) is 11.4 Å². The molecule has 1 unspecified atom stereocenters. The number of halogens is 2. The molecule has 4 rings (SSSR count). The molecular formula is C27H37ClFN5O3. The van der Waals surface area contributed by atoms with Gasteiger partial charge in [0.2, 0.25) is 5.91 Å². The van der Waals surface area contributed by atoms with Crippen molar-refractivity contribution in [2.24, 2.45) is 5.41 Å². The van der Waals surface area contributed by atoms with Crippen molar-refractivity contribution in [3.63, 3.8) is 0 Å². The maximum absolute atomic E-state index is 14.9. The van der Waals surface area contributed by atoms with Gasteiger partial charge in [-0.05, 0) is 62.9 Å². The summed E-state index contributed by atoms with van der Waals surface area (Å²) in [5.41, 5.74) is 0.514. The molecule has 202 valence electrons. The van der Waals surface area contributed by atoms with Crippen LogP contribution in [0.3, 0.4) is 0 Å². The Morgan fingerprint density at radius 3 is 2.68 bits per heavy atom. The second-order valence-corrected chi connectivity index (χ2v) is 11.7. The molecule has 2 atom stereocenters. The van der Waals surface area contributed by atoms with Gasteiger partial charge in [-0.2, -0.15) is 0 Å². The number of carbonyl (C=O) groups is 2. The molecule has 1 aromatic carbocycles. The quantitative estimate of drug-likeness (QED) is 0.611.